The van der Waals surface area contributed by atoms with E-state index in [1.165, 1.54) is 0 Å². The minimum atomic E-state index is -3.20. The van der Waals surface area contributed by atoms with E-state index in [1.807, 2.05) is 13.8 Å². The quantitative estimate of drug-likeness (QED) is 0.751. The molecule has 0 bridgehead atoms. The number of carbonyl (C=O) groups excluding carboxylic acids is 1. The van der Waals surface area contributed by atoms with E-state index in [2.05, 4.69) is 4.72 Å². The van der Waals surface area contributed by atoms with Crippen molar-refractivity contribution in [1.29, 1.82) is 0 Å². The van der Waals surface area contributed by atoms with Crippen molar-refractivity contribution in [2.75, 3.05) is 19.3 Å². The highest BCUT2D eigenvalue weighted by Gasteiger charge is 2.24. The number of sulfonamides is 1. The second-order valence-corrected chi connectivity index (χ2v) is 6.52. The number of allylic oxidation sites excluding steroid dienone is 1. The fourth-order valence-electron chi connectivity index (χ4n) is 1.91. The molecule has 1 rings (SSSR count). The number of piperidine rings is 1. The van der Waals surface area contributed by atoms with Crippen LogP contribution in [0.2, 0.25) is 0 Å². The maximum Gasteiger partial charge on any atom is 0.246 e. The molecule has 1 atom stereocenters. The Hall–Kier alpha value is -0.880. The van der Waals surface area contributed by atoms with E-state index < -0.39 is 10.0 Å². The molecule has 0 aromatic rings. The molecule has 1 saturated heterocycles. The Balaban J connectivity index is 2.61. The lowest BCUT2D eigenvalue weighted by molar-refractivity contribution is -0.127. The van der Waals surface area contributed by atoms with Crippen LogP contribution in [0, 0.1) is 0 Å². The molecular weight excluding hydrogens is 240 g/mol. The molecule has 1 heterocycles. The van der Waals surface area contributed by atoms with E-state index in [1.54, 1.807) is 11.0 Å². The molecule has 0 aliphatic carbocycles. The third kappa shape index (κ3) is 5.32. The van der Waals surface area contributed by atoms with Gasteiger partial charge in [-0.25, -0.2) is 13.1 Å². The predicted octanol–water partition coefficient (Wildman–Crippen LogP) is 0.493. The topological polar surface area (TPSA) is 66.5 Å². The summed E-state index contributed by atoms with van der Waals surface area (Å²) in [6.45, 7) is 4.89. The summed E-state index contributed by atoms with van der Waals surface area (Å²) in [5, 5.41) is 0. The largest absolute Gasteiger partial charge is 0.338 e. The average Bonchev–Trinajstić information content (AvgIpc) is 2.14. The smallest absolute Gasteiger partial charge is 0.246 e. The van der Waals surface area contributed by atoms with E-state index in [0.29, 0.717) is 13.1 Å². The Morgan fingerprint density at radius 2 is 2.06 bits per heavy atom. The monoisotopic (exact) mass is 260 g/mol. The zero-order chi connectivity index (χ0) is 13.1. The first-order valence-corrected chi connectivity index (χ1v) is 7.58. The molecule has 0 spiro atoms. The van der Waals surface area contributed by atoms with Crippen LogP contribution in [0.1, 0.15) is 26.7 Å². The molecule has 0 saturated carbocycles. The Morgan fingerprint density at radius 1 is 1.41 bits per heavy atom. The zero-order valence-corrected chi connectivity index (χ0v) is 11.4. The van der Waals surface area contributed by atoms with Gasteiger partial charge >= 0.3 is 0 Å². The second kappa shape index (κ2) is 5.64. The number of rotatable bonds is 3. The third-order valence-electron chi connectivity index (χ3n) is 2.53. The van der Waals surface area contributed by atoms with Crippen LogP contribution in [-0.2, 0) is 14.8 Å². The highest BCUT2D eigenvalue weighted by atomic mass is 32.2. The summed E-state index contributed by atoms with van der Waals surface area (Å²) in [5.74, 6) is -0.0370. The SMILES string of the molecule is CC(C)=CC(=O)N1CCCC(NS(C)(=O)=O)C1. The molecule has 5 nitrogen and oxygen atoms in total. The van der Waals surface area contributed by atoms with Crippen molar-refractivity contribution in [2.45, 2.75) is 32.7 Å². The molecule has 0 aromatic carbocycles. The van der Waals surface area contributed by atoms with Crippen molar-refractivity contribution >= 4 is 15.9 Å². The maximum absolute atomic E-state index is 11.8. The zero-order valence-electron chi connectivity index (χ0n) is 10.6. The molecule has 1 aliphatic heterocycles. The summed E-state index contributed by atoms with van der Waals surface area (Å²) in [5.41, 5.74) is 0.952. The summed E-state index contributed by atoms with van der Waals surface area (Å²) in [6, 6.07) is -0.159. The lowest BCUT2D eigenvalue weighted by Gasteiger charge is -2.32. The third-order valence-corrected chi connectivity index (χ3v) is 3.29. The normalized spacial score (nSPS) is 21.1. The van der Waals surface area contributed by atoms with E-state index in [4.69, 9.17) is 0 Å². The summed E-state index contributed by atoms with van der Waals surface area (Å²) in [4.78, 5) is 13.5. The minimum absolute atomic E-state index is 0.0370. The fraction of sp³-hybridized carbons (Fsp3) is 0.727. The number of hydrogen-bond acceptors (Lipinski definition) is 3. The molecule has 1 N–H and O–H groups in total. The molecule has 1 unspecified atom stereocenters. The number of carbonyl (C=O) groups is 1. The highest BCUT2D eigenvalue weighted by molar-refractivity contribution is 7.88. The second-order valence-electron chi connectivity index (χ2n) is 4.74. The number of hydrogen-bond donors (Lipinski definition) is 1. The van der Waals surface area contributed by atoms with Gasteiger partial charge in [0.1, 0.15) is 0 Å². The predicted molar refractivity (Wildman–Crippen MR) is 67.0 cm³/mol. The lowest BCUT2D eigenvalue weighted by atomic mass is 10.1. The molecular formula is C11H20N2O3S. The number of likely N-dealkylation sites (tertiary alicyclic amines) is 1. The number of nitrogens with zero attached hydrogens (tertiary/aromatic N) is 1. The van der Waals surface area contributed by atoms with Gasteiger partial charge in [-0.05, 0) is 26.7 Å². The molecule has 98 valence electrons. The highest BCUT2D eigenvalue weighted by Crippen LogP contribution is 2.11. The van der Waals surface area contributed by atoms with Crippen LogP contribution in [0.3, 0.4) is 0 Å². The first kappa shape index (κ1) is 14.2. The van der Waals surface area contributed by atoms with Gasteiger partial charge in [0, 0.05) is 25.2 Å². The van der Waals surface area contributed by atoms with Gasteiger partial charge < -0.3 is 4.90 Å². The standard InChI is InChI=1S/C11H20N2O3S/c1-9(2)7-11(14)13-6-4-5-10(8-13)12-17(3,15)16/h7,10,12H,4-6,8H2,1-3H3. The molecule has 6 heteroatoms. The van der Waals surface area contributed by atoms with Gasteiger partial charge in [-0.3, -0.25) is 4.79 Å². The van der Waals surface area contributed by atoms with Gasteiger partial charge in [0.05, 0.1) is 6.26 Å². The van der Waals surface area contributed by atoms with Crippen molar-refractivity contribution in [1.82, 2.24) is 9.62 Å². The van der Waals surface area contributed by atoms with Crippen molar-refractivity contribution in [3.63, 3.8) is 0 Å². The summed E-state index contributed by atoms with van der Waals surface area (Å²) < 4.78 is 24.8. The van der Waals surface area contributed by atoms with E-state index in [9.17, 15) is 13.2 Å². The van der Waals surface area contributed by atoms with Crippen molar-refractivity contribution < 1.29 is 13.2 Å². The molecule has 0 aromatic heterocycles. The fourth-order valence-corrected chi connectivity index (χ4v) is 2.71. The van der Waals surface area contributed by atoms with Gasteiger partial charge in [0.25, 0.3) is 0 Å². The van der Waals surface area contributed by atoms with Crippen LogP contribution < -0.4 is 4.72 Å². The summed E-state index contributed by atoms with van der Waals surface area (Å²) in [6.07, 6.45) is 4.34. The van der Waals surface area contributed by atoms with Crippen molar-refractivity contribution in [2.24, 2.45) is 0 Å². The van der Waals surface area contributed by atoms with Crippen molar-refractivity contribution in [3.8, 4) is 0 Å². The van der Waals surface area contributed by atoms with Gasteiger partial charge in [-0.1, -0.05) is 5.57 Å². The van der Waals surface area contributed by atoms with Gasteiger partial charge in [-0.15, -0.1) is 0 Å². The van der Waals surface area contributed by atoms with Crippen LogP contribution in [0.25, 0.3) is 0 Å². The first-order valence-electron chi connectivity index (χ1n) is 5.69. The maximum atomic E-state index is 11.8. The van der Waals surface area contributed by atoms with Gasteiger partial charge in [-0.2, -0.15) is 0 Å². The Kier molecular flexibility index (Phi) is 4.70. The van der Waals surface area contributed by atoms with Crippen LogP contribution in [-0.4, -0.2) is 44.6 Å². The molecule has 1 amide bonds. The average molecular weight is 260 g/mol. The van der Waals surface area contributed by atoms with E-state index >= 15 is 0 Å². The molecule has 1 aliphatic rings. The van der Waals surface area contributed by atoms with Crippen LogP contribution in [0.15, 0.2) is 11.6 Å². The Bertz CT molecular complexity index is 410. The Labute approximate surface area is 103 Å². The van der Waals surface area contributed by atoms with Crippen molar-refractivity contribution in [3.05, 3.63) is 11.6 Å². The number of amides is 1. The van der Waals surface area contributed by atoms with Crippen LogP contribution >= 0.6 is 0 Å². The van der Waals surface area contributed by atoms with Crippen LogP contribution in [0.5, 0.6) is 0 Å². The summed E-state index contributed by atoms with van der Waals surface area (Å²) in [7, 11) is -3.20. The van der Waals surface area contributed by atoms with Gasteiger partial charge in [0.2, 0.25) is 15.9 Å². The first-order chi connectivity index (χ1) is 7.78. The van der Waals surface area contributed by atoms with E-state index in [0.717, 1.165) is 24.7 Å². The van der Waals surface area contributed by atoms with Gasteiger partial charge in [0.15, 0.2) is 0 Å². The molecule has 1 fully saturated rings. The molecule has 0 radical (unpaired) electrons. The summed E-state index contributed by atoms with van der Waals surface area (Å²) >= 11 is 0. The Morgan fingerprint density at radius 3 is 2.59 bits per heavy atom. The van der Waals surface area contributed by atoms with E-state index in [-0.39, 0.29) is 11.9 Å². The van der Waals surface area contributed by atoms with Crippen LogP contribution in [0.4, 0.5) is 0 Å². The number of nitrogens with one attached hydrogen (secondary N) is 1. The molecule has 17 heavy (non-hydrogen) atoms. The lowest BCUT2D eigenvalue weighted by Crippen LogP contribution is -2.49. The minimum Gasteiger partial charge on any atom is -0.338 e.